The highest BCUT2D eigenvalue weighted by Gasteiger charge is 2.19. The van der Waals surface area contributed by atoms with Crippen molar-refractivity contribution < 1.29 is 9.18 Å². The number of carbonyl (C=O) groups is 1. The zero-order valence-corrected chi connectivity index (χ0v) is 15.6. The van der Waals surface area contributed by atoms with E-state index < -0.39 is 0 Å². The summed E-state index contributed by atoms with van der Waals surface area (Å²) in [5.41, 5.74) is 2.50. The monoisotopic (exact) mass is 374 g/mol. The van der Waals surface area contributed by atoms with Crippen molar-refractivity contribution >= 4 is 16.7 Å². The summed E-state index contributed by atoms with van der Waals surface area (Å²) >= 11 is 0. The number of halogens is 1. The minimum atomic E-state index is -0.330. The normalized spacial score (nSPS) is 12.1. The third-order valence-electron chi connectivity index (χ3n) is 4.80. The Labute approximate surface area is 161 Å². The van der Waals surface area contributed by atoms with Gasteiger partial charge >= 0.3 is 0 Å². The highest BCUT2D eigenvalue weighted by atomic mass is 19.1. The molecule has 0 saturated carbocycles. The lowest BCUT2D eigenvalue weighted by molar-refractivity contribution is 0.0934. The van der Waals surface area contributed by atoms with Gasteiger partial charge in [0, 0.05) is 0 Å². The van der Waals surface area contributed by atoms with Gasteiger partial charge in [0.15, 0.2) is 5.69 Å². The Hall–Kier alpha value is -3.54. The van der Waals surface area contributed by atoms with Gasteiger partial charge in [-0.1, -0.05) is 41.6 Å². The van der Waals surface area contributed by atoms with Gasteiger partial charge in [-0.15, -0.1) is 5.10 Å². The van der Waals surface area contributed by atoms with Gasteiger partial charge in [0.25, 0.3) is 5.91 Å². The number of nitrogens with zero attached hydrogens (tertiary/aromatic N) is 3. The molecule has 5 nitrogen and oxygen atoms in total. The van der Waals surface area contributed by atoms with Gasteiger partial charge in [-0.3, -0.25) is 4.79 Å². The fourth-order valence-corrected chi connectivity index (χ4v) is 3.19. The summed E-state index contributed by atoms with van der Waals surface area (Å²) in [6.45, 7) is 3.70. The summed E-state index contributed by atoms with van der Waals surface area (Å²) in [6, 6.07) is 19.9. The number of nitrogens with one attached hydrogen (secondary N) is 1. The van der Waals surface area contributed by atoms with E-state index in [-0.39, 0.29) is 23.5 Å². The lowest BCUT2D eigenvalue weighted by Crippen LogP contribution is -2.27. The van der Waals surface area contributed by atoms with Crippen molar-refractivity contribution in [1.29, 1.82) is 0 Å². The van der Waals surface area contributed by atoms with Crippen molar-refractivity contribution in [2.45, 2.75) is 19.9 Å². The smallest absolute Gasteiger partial charge is 0.274 e. The summed E-state index contributed by atoms with van der Waals surface area (Å²) in [7, 11) is 0. The molecule has 6 heteroatoms. The molecule has 1 unspecified atom stereocenters. The Morgan fingerprint density at radius 3 is 2.50 bits per heavy atom. The van der Waals surface area contributed by atoms with Crippen LogP contribution in [0, 0.1) is 12.7 Å². The number of fused-ring (bicyclic) bond motifs is 1. The Morgan fingerprint density at radius 2 is 1.75 bits per heavy atom. The zero-order valence-electron chi connectivity index (χ0n) is 15.6. The first-order valence-electron chi connectivity index (χ1n) is 9.01. The maximum atomic E-state index is 13.1. The second-order valence-electron chi connectivity index (χ2n) is 6.71. The average molecular weight is 374 g/mol. The predicted octanol–water partition coefficient (Wildman–Crippen LogP) is 4.36. The third-order valence-corrected chi connectivity index (χ3v) is 4.80. The van der Waals surface area contributed by atoms with Crippen LogP contribution in [0.15, 0.2) is 66.7 Å². The van der Waals surface area contributed by atoms with Crippen molar-refractivity contribution in [1.82, 2.24) is 20.3 Å². The van der Waals surface area contributed by atoms with E-state index in [4.69, 9.17) is 0 Å². The summed E-state index contributed by atoms with van der Waals surface area (Å²) in [5, 5.41) is 13.3. The van der Waals surface area contributed by atoms with Gasteiger partial charge in [-0.2, -0.15) is 0 Å². The van der Waals surface area contributed by atoms with Crippen molar-refractivity contribution in [3.63, 3.8) is 0 Å². The van der Waals surface area contributed by atoms with Crippen LogP contribution in [-0.4, -0.2) is 20.9 Å². The second-order valence-corrected chi connectivity index (χ2v) is 6.71. The maximum Gasteiger partial charge on any atom is 0.274 e. The largest absolute Gasteiger partial charge is 0.344 e. The quantitative estimate of drug-likeness (QED) is 0.577. The maximum absolute atomic E-state index is 13.1. The number of benzene rings is 3. The molecular weight excluding hydrogens is 355 g/mol. The summed E-state index contributed by atoms with van der Waals surface area (Å²) in [6.07, 6.45) is 0. The Kier molecular flexibility index (Phi) is 4.61. The van der Waals surface area contributed by atoms with E-state index >= 15 is 0 Å². The van der Waals surface area contributed by atoms with Crippen molar-refractivity contribution in [3.05, 3.63) is 89.5 Å². The van der Waals surface area contributed by atoms with Crippen LogP contribution in [0.5, 0.6) is 0 Å². The van der Waals surface area contributed by atoms with Crippen LogP contribution in [0.1, 0.15) is 34.7 Å². The molecule has 1 heterocycles. The highest BCUT2D eigenvalue weighted by molar-refractivity contribution is 5.93. The van der Waals surface area contributed by atoms with Crippen LogP contribution < -0.4 is 5.32 Å². The fraction of sp³-hybridized carbons (Fsp3) is 0.136. The topological polar surface area (TPSA) is 59.8 Å². The van der Waals surface area contributed by atoms with Crippen LogP contribution in [-0.2, 0) is 0 Å². The average Bonchev–Trinajstić information content (AvgIpc) is 3.09. The molecule has 0 bridgehead atoms. The molecule has 1 atom stereocenters. The summed E-state index contributed by atoms with van der Waals surface area (Å²) < 4.78 is 14.7. The summed E-state index contributed by atoms with van der Waals surface area (Å²) in [5.74, 6) is -0.629. The van der Waals surface area contributed by atoms with Gasteiger partial charge in [-0.25, -0.2) is 9.07 Å². The molecule has 1 amide bonds. The van der Waals surface area contributed by atoms with Crippen LogP contribution in [0.3, 0.4) is 0 Å². The van der Waals surface area contributed by atoms with Gasteiger partial charge in [0.1, 0.15) is 5.82 Å². The Balaban J connectivity index is 1.55. The van der Waals surface area contributed by atoms with E-state index in [9.17, 15) is 9.18 Å². The van der Waals surface area contributed by atoms with Crippen LogP contribution in [0.2, 0.25) is 0 Å². The minimum Gasteiger partial charge on any atom is -0.344 e. The molecule has 0 aliphatic heterocycles. The SMILES string of the molecule is Cc1c(C(=O)NC(C)c2ccc3ccccc3c2)nnn1-c1ccc(F)cc1. The molecule has 140 valence electrons. The molecule has 4 aromatic rings. The molecule has 0 aliphatic rings. The molecule has 28 heavy (non-hydrogen) atoms. The van der Waals surface area contributed by atoms with E-state index in [0.717, 1.165) is 16.3 Å². The van der Waals surface area contributed by atoms with E-state index in [2.05, 4.69) is 27.8 Å². The van der Waals surface area contributed by atoms with Gasteiger partial charge < -0.3 is 5.32 Å². The van der Waals surface area contributed by atoms with Crippen LogP contribution in [0.25, 0.3) is 16.5 Å². The van der Waals surface area contributed by atoms with Crippen molar-refractivity contribution in [2.75, 3.05) is 0 Å². The number of rotatable bonds is 4. The molecule has 3 aromatic carbocycles. The molecule has 0 saturated heterocycles. The van der Waals surface area contributed by atoms with Gasteiger partial charge in [0.05, 0.1) is 17.4 Å². The molecule has 1 aromatic heterocycles. The number of aromatic nitrogens is 3. The minimum absolute atomic E-state index is 0.188. The van der Waals surface area contributed by atoms with E-state index in [1.54, 1.807) is 19.1 Å². The lowest BCUT2D eigenvalue weighted by atomic mass is 10.0. The molecule has 4 rings (SSSR count). The first kappa shape index (κ1) is 17.9. The summed E-state index contributed by atoms with van der Waals surface area (Å²) in [4.78, 5) is 12.7. The number of hydrogen-bond donors (Lipinski definition) is 1. The Morgan fingerprint density at radius 1 is 1.04 bits per heavy atom. The second kappa shape index (κ2) is 7.23. The predicted molar refractivity (Wildman–Crippen MR) is 106 cm³/mol. The molecule has 0 aliphatic carbocycles. The Bertz CT molecular complexity index is 1150. The molecule has 0 radical (unpaired) electrons. The van der Waals surface area contributed by atoms with Crippen molar-refractivity contribution in [3.8, 4) is 5.69 Å². The first-order chi connectivity index (χ1) is 13.5. The lowest BCUT2D eigenvalue weighted by Gasteiger charge is -2.14. The van der Waals surface area contributed by atoms with E-state index in [1.807, 2.05) is 37.3 Å². The van der Waals surface area contributed by atoms with Gasteiger partial charge in [-0.05, 0) is 60.5 Å². The molecular formula is C22H19FN4O. The van der Waals surface area contributed by atoms with Crippen molar-refractivity contribution in [2.24, 2.45) is 0 Å². The standard InChI is InChI=1S/C22H19FN4O/c1-14(17-8-7-16-5-3-4-6-18(16)13-17)24-22(28)21-15(2)27(26-25-21)20-11-9-19(23)10-12-20/h3-14H,1-2H3,(H,24,28). The molecule has 1 N–H and O–H groups in total. The third kappa shape index (κ3) is 3.36. The van der Waals surface area contributed by atoms with E-state index in [0.29, 0.717) is 11.4 Å². The number of hydrogen-bond acceptors (Lipinski definition) is 3. The molecule has 0 spiro atoms. The van der Waals surface area contributed by atoms with Crippen LogP contribution >= 0.6 is 0 Å². The zero-order chi connectivity index (χ0) is 19.7. The molecule has 0 fully saturated rings. The van der Waals surface area contributed by atoms with Crippen LogP contribution in [0.4, 0.5) is 4.39 Å². The first-order valence-corrected chi connectivity index (χ1v) is 9.01. The van der Waals surface area contributed by atoms with Gasteiger partial charge in [0.2, 0.25) is 0 Å². The fourth-order valence-electron chi connectivity index (χ4n) is 3.19. The van der Waals surface area contributed by atoms with E-state index in [1.165, 1.54) is 16.8 Å². The highest BCUT2D eigenvalue weighted by Crippen LogP contribution is 2.21. The number of amides is 1. The number of carbonyl (C=O) groups excluding carboxylic acids is 1.